The first-order valence-electron chi connectivity index (χ1n) is 9.07. The molecule has 1 fully saturated rings. The average Bonchev–Trinajstić information content (AvgIpc) is 3.30. The first-order chi connectivity index (χ1) is 12.8. The Morgan fingerprint density at radius 2 is 2.12 bits per heavy atom. The Morgan fingerprint density at radius 3 is 2.92 bits per heavy atom. The Hall–Kier alpha value is -2.51. The fourth-order valence-electron chi connectivity index (χ4n) is 3.42. The molecule has 136 valence electrons. The Kier molecular flexibility index (Phi) is 5.08. The molecular formula is C19H24N6O. The lowest BCUT2D eigenvalue weighted by Gasteiger charge is -2.34. The van der Waals surface area contributed by atoms with Crippen LogP contribution in [0.15, 0.2) is 47.2 Å². The van der Waals surface area contributed by atoms with Gasteiger partial charge in [-0.2, -0.15) is 4.98 Å². The van der Waals surface area contributed by atoms with Crippen molar-refractivity contribution in [1.82, 2.24) is 29.9 Å². The summed E-state index contributed by atoms with van der Waals surface area (Å²) < 4.78 is 7.57. The number of aromatic nitrogens is 4. The van der Waals surface area contributed by atoms with Gasteiger partial charge in [0.15, 0.2) is 5.82 Å². The van der Waals surface area contributed by atoms with Crippen molar-refractivity contribution < 1.29 is 4.52 Å². The maximum atomic E-state index is 5.50. The number of piperazine rings is 1. The number of rotatable bonds is 6. The Bertz CT molecular complexity index is 827. The molecule has 1 N–H and O–H groups in total. The minimum absolute atomic E-state index is 0.211. The molecular weight excluding hydrogens is 328 g/mol. The van der Waals surface area contributed by atoms with Crippen molar-refractivity contribution in [3.63, 3.8) is 0 Å². The number of hydrogen-bond acceptors (Lipinski definition) is 6. The molecule has 2 aromatic heterocycles. The van der Waals surface area contributed by atoms with Crippen LogP contribution in [-0.2, 0) is 26.4 Å². The summed E-state index contributed by atoms with van der Waals surface area (Å²) in [6.45, 7) is 3.41. The minimum atomic E-state index is 0.211. The lowest BCUT2D eigenvalue weighted by Crippen LogP contribution is -2.46. The molecule has 3 heterocycles. The normalized spacial score (nSPS) is 18.3. The topological polar surface area (TPSA) is 72.0 Å². The van der Waals surface area contributed by atoms with Crippen molar-refractivity contribution in [2.45, 2.75) is 25.4 Å². The summed E-state index contributed by atoms with van der Waals surface area (Å²) in [4.78, 5) is 11.5. The molecule has 1 aliphatic rings. The average molecular weight is 352 g/mol. The fraction of sp³-hybridized carbons (Fsp3) is 0.421. The van der Waals surface area contributed by atoms with Gasteiger partial charge in [-0.3, -0.25) is 4.90 Å². The van der Waals surface area contributed by atoms with Crippen LogP contribution >= 0.6 is 0 Å². The predicted octanol–water partition coefficient (Wildman–Crippen LogP) is 1.73. The lowest BCUT2D eigenvalue weighted by molar-refractivity contribution is 0.128. The quantitative estimate of drug-likeness (QED) is 0.728. The van der Waals surface area contributed by atoms with E-state index in [1.165, 1.54) is 5.56 Å². The second-order valence-corrected chi connectivity index (χ2v) is 6.68. The molecule has 26 heavy (non-hydrogen) atoms. The molecule has 4 rings (SSSR count). The van der Waals surface area contributed by atoms with Crippen molar-refractivity contribution in [3.8, 4) is 0 Å². The van der Waals surface area contributed by atoms with E-state index < -0.39 is 0 Å². The van der Waals surface area contributed by atoms with E-state index in [4.69, 9.17) is 4.52 Å². The Morgan fingerprint density at radius 1 is 1.23 bits per heavy atom. The molecule has 0 amide bonds. The van der Waals surface area contributed by atoms with Crippen LogP contribution in [0.4, 0.5) is 0 Å². The van der Waals surface area contributed by atoms with Crippen LogP contribution in [0.3, 0.4) is 0 Å². The maximum absolute atomic E-state index is 5.50. The van der Waals surface area contributed by atoms with E-state index >= 15 is 0 Å². The number of hydrogen-bond donors (Lipinski definition) is 1. The van der Waals surface area contributed by atoms with Crippen LogP contribution in [-0.4, -0.2) is 44.2 Å². The summed E-state index contributed by atoms with van der Waals surface area (Å²) in [6.07, 6.45) is 5.54. The highest BCUT2D eigenvalue weighted by Crippen LogP contribution is 2.22. The zero-order chi connectivity index (χ0) is 17.8. The van der Waals surface area contributed by atoms with Gasteiger partial charge < -0.3 is 14.4 Å². The third-order valence-corrected chi connectivity index (χ3v) is 4.84. The molecule has 0 aliphatic carbocycles. The van der Waals surface area contributed by atoms with Gasteiger partial charge in [-0.05, 0) is 12.0 Å². The molecule has 1 aromatic carbocycles. The summed E-state index contributed by atoms with van der Waals surface area (Å²) >= 11 is 0. The first-order valence-corrected chi connectivity index (χ1v) is 9.07. The maximum Gasteiger partial charge on any atom is 0.240 e. The number of nitrogens with zero attached hydrogens (tertiary/aromatic N) is 5. The van der Waals surface area contributed by atoms with Crippen molar-refractivity contribution in [2.24, 2.45) is 7.05 Å². The van der Waals surface area contributed by atoms with Gasteiger partial charge in [-0.25, -0.2) is 4.98 Å². The second kappa shape index (κ2) is 7.80. The van der Waals surface area contributed by atoms with Crippen molar-refractivity contribution in [2.75, 3.05) is 19.6 Å². The molecule has 1 aliphatic heterocycles. The van der Waals surface area contributed by atoms with E-state index in [9.17, 15) is 0 Å². The van der Waals surface area contributed by atoms with Crippen molar-refractivity contribution >= 4 is 0 Å². The van der Waals surface area contributed by atoms with Crippen LogP contribution in [0.2, 0.25) is 0 Å². The van der Waals surface area contributed by atoms with Crippen LogP contribution in [0.5, 0.6) is 0 Å². The van der Waals surface area contributed by atoms with Crippen LogP contribution in [0, 0.1) is 0 Å². The summed E-state index contributed by atoms with van der Waals surface area (Å²) in [5.74, 6) is 2.50. The zero-order valence-corrected chi connectivity index (χ0v) is 15.0. The lowest BCUT2D eigenvalue weighted by atomic mass is 10.1. The SMILES string of the molecule is Cn1ccnc1C1CNCCN1Cc1nc(CCc2ccccc2)no1. The summed E-state index contributed by atoms with van der Waals surface area (Å²) in [6, 6.07) is 10.6. The number of aryl methyl sites for hydroxylation is 3. The van der Waals surface area contributed by atoms with Gasteiger partial charge in [0.05, 0.1) is 12.6 Å². The van der Waals surface area contributed by atoms with E-state index in [1.807, 2.05) is 25.5 Å². The molecule has 0 bridgehead atoms. The monoisotopic (exact) mass is 352 g/mol. The van der Waals surface area contributed by atoms with Gasteiger partial charge in [0.25, 0.3) is 0 Å². The highest BCUT2D eigenvalue weighted by atomic mass is 16.5. The third-order valence-electron chi connectivity index (χ3n) is 4.84. The van der Waals surface area contributed by atoms with Gasteiger partial charge in [0.1, 0.15) is 5.82 Å². The molecule has 1 unspecified atom stereocenters. The first kappa shape index (κ1) is 16.9. The molecule has 0 spiro atoms. The number of nitrogens with one attached hydrogen (secondary N) is 1. The van der Waals surface area contributed by atoms with Crippen LogP contribution in [0.25, 0.3) is 0 Å². The van der Waals surface area contributed by atoms with Crippen LogP contribution in [0.1, 0.15) is 29.1 Å². The van der Waals surface area contributed by atoms with Gasteiger partial charge in [0.2, 0.25) is 5.89 Å². The van der Waals surface area contributed by atoms with E-state index in [1.54, 1.807) is 0 Å². The molecule has 7 nitrogen and oxygen atoms in total. The van der Waals surface area contributed by atoms with Gasteiger partial charge in [-0.15, -0.1) is 0 Å². The standard InChI is InChI=1S/C19H24N6O/c1-24-11-10-21-19(24)16-13-20-9-12-25(16)14-18-22-17(23-26-18)8-7-15-5-3-2-4-6-15/h2-6,10-11,16,20H,7-9,12-14H2,1H3. The predicted molar refractivity (Wildman–Crippen MR) is 97.4 cm³/mol. The minimum Gasteiger partial charge on any atom is -0.338 e. The highest BCUT2D eigenvalue weighted by molar-refractivity contribution is 5.15. The number of benzene rings is 1. The molecule has 3 aromatic rings. The van der Waals surface area contributed by atoms with Crippen molar-refractivity contribution in [3.05, 3.63) is 65.8 Å². The van der Waals surface area contributed by atoms with Crippen molar-refractivity contribution in [1.29, 1.82) is 0 Å². The van der Waals surface area contributed by atoms with Gasteiger partial charge >= 0.3 is 0 Å². The van der Waals surface area contributed by atoms with Gasteiger partial charge in [-0.1, -0.05) is 35.5 Å². The molecule has 1 atom stereocenters. The summed E-state index contributed by atoms with van der Waals surface area (Å²) in [7, 11) is 2.03. The molecule has 1 saturated heterocycles. The smallest absolute Gasteiger partial charge is 0.240 e. The zero-order valence-electron chi connectivity index (χ0n) is 15.0. The number of imidazole rings is 1. The van der Waals surface area contributed by atoms with E-state index in [-0.39, 0.29) is 6.04 Å². The van der Waals surface area contributed by atoms with Gasteiger partial charge in [0, 0.05) is 45.5 Å². The molecule has 0 radical (unpaired) electrons. The largest absolute Gasteiger partial charge is 0.338 e. The van der Waals surface area contributed by atoms with E-state index in [0.717, 1.165) is 44.1 Å². The van der Waals surface area contributed by atoms with E-state index in [2.05, 4.69) is 54.2 Å². The van der Waals surface area contributed by atoms with Crippen LogP contribution < -0.4 is 5.32 Å². The second-order valence-electron chi connectivity index (χ2n) is 6.68. The Balaban J connectivity index is 1.40. The van der Waals surface area contributed by atoms with E-state index in [0.29, 0.717) is 12.4 Å². The molecule has 0 saturated carbocycles. The summed E-state index contributed by atoms with van der Waals surface area (Å²) in [5.41, 5.74) is 1.29. The Labute approximate surface area is 153 Å². The summed E-state index contributed by atoms with van der Waals surface area (Å²) in [5, 5.41) is 7.60. The fourth-order valence-corrected chi connectivity index (χ4v) is 3.42. The molecule has 7 heteroatoms. The highest BCUT2D eigenvalue weighted by Gasteiger charge is 2.28. The third kappa shape index (κ3) is 3.84.